The summed E-state index contributed by atoms with van der Waals surface area (Å²) >= 11 is 6.29. The minimum atomic E-state index is -0.462. The van der Waals surface area contributed by atoms with Crippen LogP contribution < -0.4 is 15.2 Å². The van der Waals surface area contributed by atoms with E-state index >= 15 is 0 Å². The Labute approximate surface area is 110 Å². The second kappa shape index (κ2) is 4.14. The molecule has 0 amide bonds. The maximum absolute atomic E-state index is 11.0. The van der Waals surface area contributed by atoms with Crippen molar-refractivity contribution in [3.8, 4) is 11.5 Å². The van der Waals surface area contributed by atoms with Crippen molar-refractivity contribution in [3.63, 3.8) is 0 Å². The molecule has 2 N–H and O–H groups in total. The molecule has 18 heavy (non-hydrogen) atoms. The number of aldehydes is 1. The van der Waals surface area contributed by atoms with Crippen LogP contribution in [0.3, 0.4) is 0 Å². The molecule has 5 heteroatoms. The molecule has 0 saturated heterocycles. The van der Waals surface area contributed by atoms with Crippen molar-refractivity contribution < 1.29 is 14.3 Å². The molecule has 0 spiro atoms. The number of fused-ring (bicyclic) bond motifs is 1. The van der Waals surface area contributed by atoms with E-state index in [1.807, 2.05) is 0 Å². The minimum Gasteiger partial charge on any atom is -0.453 e. The van der Waals surface area contributed by atoms with Crippen molar-refractivity contribution in [1.29, 1.82) is 0 Å². The van der Waals surface area contributed by atoms with E-state index in [0.29, 0.717) is 22.1 Å². The smallest absolute Gasteiger partial charge is 0.231 e. The van der Waals surface area contributed by atoms with Crippen molar-refractivity contribution in [2.75, 3.05) is 6.79 Å². The molecule has 96 valence electrons. The third kappa shape index (κ3) is 1.60. The van der Waals surface area contributed by atoms with Crippen molar-refractivity contribution in [1.82, 2.24) is 0 Å². The van der Waals surface area contributed by atoms with Gasteiger partial charge in [0.15, 0.2) is 17.8 Å². The summed E-state index contributed by atoms with van der Waals surface area (Å²) in [5.41, 5.74) is 7.18. The summed E-state index contributed by atoms with van der Waals surface area (Å²) in [5, 5.41) is 0.491. The average Bonchev–Trinajstić information content (AvgIpc) is 2.97. The van der Waals surface area contributed by atoms with Gasteiger partial charge in [-0.1, -0.05) is 24.4 Å². The molecule has 0 unspecified atom stereocenters. The Balaban J connectivity index is 2.21. The number of carbonyl (C=O) groups excluding carboxylic acids is 1. The summed E-state index contributed by atoms with van der Waals surface area (Å²) in [6.45, 7) is 0.111. The minimum absolute atomic E-state index is 0.111. The van der Waals surface area contributed by atoms with E-state index in [2.05, 4.69) is 0 Å². The third-order valence-electron chi connectivity index (χ3n) is 3.74. The topological polar surface area (TPSA) is 61.6 Å². The van der Waals surface area contributed by atoms with Crippen molar-refractivity contribution in [2.45, 2.75) is 31.2 Å². The predicted octanol–water partition coefficient (Wildman–Crippen LogP) is 2.61. The number of ether oxygens (including phenoxy) is 2. The lowest BCUT2D eigenvalue weighted by atomic mass is 9.87. The van der Waals surface area contributed by atoms with Crippen molar-refractivity contribution in [3.05, 3.63) is 22.2 Å². The summed E-state index contributed by atoms with van der Waals surface area (Å²) in [6.07, 6.45) is 4.64. The molecule has 1 aliphatic heterocycles. The first-order valence-corrected chi connectivity index (χ1v) is 6.40. The monoisotopic (exact) mass is 267 g/mol. The van der Waals surface area contributed by atoms with E-state index in [1.54, 1.807) is 6.07 Å². The third-order valence-corrected chi connectivity index (χ3v) is 4.04. The standard InChI is InChI=1S/C13H14ClNO3/c14-9-5-8(6-16)11-12(18-7-17-11)10(9)13(15)3-1-2-4-13/h5-6H,1-4,7,15H2. The zero-order valence-electron chi connectivity index (χ0n) is 9.87. The van der Waals surface area contributed by atoms with Crippen LogP contribution in [0.4, 0.5) is 0 Å². The summed E-state index contributed by atoms with van der Waals surface area (Å²) in [4.78, 5) is 11.0. The Morgan fingerprint density at radius 3 is 2.61 bits per heavy atom. The number of hydrogen-bond donors (Lipinski definition) is 1. The highest BCUT2D eigenvalue weighted by molar-refractivity contribution is 6.32. The number of benzene rings is 1. The highest BCUT2D eigenvalue weighted by Gasteiger charge is 2.39. The lowest BCUT2D eigenvalue weighted by Gasteiger charge is -2.26. The molecule has 0 radical (unpaired) electrons. The van der Waals surface area contributed by atoms with Crippen LogP contribution in [-0.4, -0.2) is 13.1 Å². The van der Waals surface area contributed by atoms with Gasteiger partial charge in [-0.05, 0) is 18.9 Å². The molecular weight excluding hydrogens is 254 g/mol. The fourth-order valence-corrected chi connectivity index (χ4v) is 3.26. The number of halogens is 1. The number of carbonyl (C=O) groups is 1. The maximum atomic E-state index is 11.0. The van der Waals surface area contributed by atoms with Crippen LogP contribution in [-0.2, 0) is 5.54 Å². The van der Waals surface area contributed by atoms with Gasteiger partial charge in [-0.2, -0.15) is 0 Å². The molecule has 4 nitrogen and oxygen atoms in total. The molecule has 1 aromatic carbocycles. The van der Waals surface area contributed by atoms with Crippen LogP contribution in [0.1, 0.15) is 41.6 Å². The van der Waals surface area contributed by atoms with Gasteiger partial charge in [0.1, 0.15) is 0 Å². The summed E-state index contributed by atoms with van der Waals surface area (Å²) in [6, 6.07) is 1.62. The number of rotatable bonds is 2. The second-order valence-electron chi connectivity index (χ2n) is 4.87. The van der Waals surface area contributed by atoms with Gasteiger partial charge in [-0.3, -0.25) is 4.79 Å². The van der Waals surface area contributed by atoms with E-state index in [1.165, 1.54) is 0 Å². The Bertz CT molecular complexity index is 509. The van der Waals surface area contributed by atoms with E-state index in [4.69, 9.17) is 26.8 Å². The van der Waals surface area contributed by atoms with Gasteiger partial charge in [0.05, 0.1) is 10.6 Å². The first-order valence-electron chi connectivity index (χ1n) is 6.02. The molecule has 0 bridgehead atoms. The lowest BCUT2D eigenvalue weighted by Crippen LogP contribution is -2.33. The molecule has 1 saturated carbocycles. The summed E-state index contributed by atoms with van der Waals surface area (Å²) in [7, 11) is 0. The van der Waals surface area contributed by atoms with Crippen LogP contribution >= 0.6 is 11.6 Å². The number of nitrogens with two attached hydrogens (primary N) is 1. The first-order chi connectivity index (χ1) is 8.65. The van der Waals surface area contributed by atoms with Gasteiger partial charge in [-0.15, -0.1) is 0 Å². The average molecular weight is 268 g/mol. The first kappa shape index (κ1) is 11.8. The second-order valence-corrected chi connectivity index (χ2v) is 5.28. The highest BCUT2D eigenvalue weighted by Crippen LogP contribution is 2.50. The maximum Gasteiger partial charge on any atom is 0.231 e. The Hall–Kier alpha value is -1.26. The summed E-state index contributed by atoms with van der Waals surface area (Å²) < 4.78 is 10.8. The molecule has 2 aliphatic rings. The Morgan fingerprint density at radius 1 is 1.28 bits per heavy atom. The van der Waals surface area contributed by atoms with E-state index in [-0.39, 0.29) is 6.79 Å². The van der Waals surface area contributed by atoms with E-state index < -0.39 is 5.54 Å². The zero-order valence-corrected chi connectivity index (χ0v) is 10.6. The molecule has 1 fully saturated rings. The van der Waals surface area contributed by atoms with Gasteiger partial charge >= 0.3 is 0 Å². The van der Waals surface area contributed by atoms with Crippen LogP contribution in [0.2, 0.25) is 5.02 Å². The largest absolute Gasteiger partial charge is 0.453 e. The van der Waals surface area contributed by atoms with E-state index in [9.17, 15) is 4.79 Å². The van der Waals surface area contributed by atoms with Crippen LogP contribution in [0.15, 0.2) is 6.07 Å². The molecule has 0 atom stereocenters. The molecule has 1 aliphatic carbocycles. The van der Waals surface area contributed by atoms with Gasteiger partial charge in [0, 0.05) is 11.1 Å². The van der Waals surface area contributed by atoms with Crippen molar-refractivity contribution >= 4 is 17.9 Å². The summed E-state index contributed by atoms with van der Waals surface area (Å²) in [5.74, 6) is 1.02. The Morgan fingerprint density at radius 2 is 1.94 bits per heavy atom. The highest BCUT2D eigenvalue weighted by atomic mass is 35.5. The Kier molecular flexibility index (Phi) is 2.72. The number of hydrogen-bond acceptors (Lipinski definition) is 4. The predicted molar refractivity (Wildman–Crippen MR) is 67.3 cm³/mol. The van der Waals surface area contributed by atoms with Gasteiger partial charge < -0.3 is 15.2 Å². The zero-order chi connectivity index (χ0) is 12.8. The van der Waals surface area contributed by atoms with Gasteiger partial charge in [0.2, 0.25) is 6.79 Å². The van der Waals surface area contributed by atoms with Crippen molar-refractivity contribution in [2.24, 2.45) is 5.73 Å². The fraction of sp³-hybridized carbons (Fsp3) is 0.462. The quantitative estimate of drug-likeness (QED) is 0.837. The normalized spacial score (nSPS) is 20.1. The molecule has 0 aromatic heterocycles. The van der Waals surface area contributed by atoms with Crippen LogP contribution in [0.25, 0.3) is 0 Å². The molecule has 3 rings (SSSR count). The van der Waals surface area contributed by atoms with Gasteiger partial charge in [-0.25, -0.2) is 0 Å². The molecule has 1 aromatic rings. The molecular formula is C13H14ClNO3. The molecule has 1 heterocycles. The SMILES string of the molecule is NC1(c2c(Cl)cc(C=O)c3c2OCO3)CCCC1. The van der Waals surface area contributed by atoms with E-state index in [0.717, 1.165) is 37.5 Å². The lowest BCUT2D eigenvalue weighted by molar-refractivity contribution is 0.111. The van der Waals surface area contributed by atoms with Gasteiger partial charge in [0.25, 0.3) is 0 Å². The fourth-order valence-electron chi connectivity index (χ4n) is 2.87. The van der Waals surface area contributed by atoms with Crippen LogP contribution in [0, 0.1) is 0 Å². The van der Waals surface area contributed by atoms with Crippen LogP contribution in [0.5, 0.6) is 11.5 Å².